The van der Waals surface area contributed by atoms with E-state index in [0.717, 1.165) is 0 Å². The maximum Gasteiger partial charge on any atom is 0.418 e. The Hall–Kier alpha value is -3.22. The van der Waals surface area contributed by atoms with Crippen molar-refractivity contribution in [3.05, 3.63) is 59.0 Å². The number of rotatable bonds is 2. The van der Waals surface area contributed by atoms with E-state index in [4.69, 9.17) is 4.74 Å². The van der Waals surface area contributed by atoms with Gasteiger partial charge in [-0.3, -0.25) is 20.2 Å². The molecule has 0 fully saturated rings. The van der Waals surface area contributed by atoms with Crippen LogP contribution < -0.4 is 15.5 Å². The second-order valence-corrected chi connectivity index (χ2v) is 4.15. The summed E-state index contributed by atoms with van der Waals surface area (Å²) in [5, 5.41) is 9.29. The van der Waals surface area contributed by atoms with Crippen molar-refractivity contribution in [2.75, 3.05) is 5.32 Å². The molecule has 0 saturated heterocycles. The minimum atomic E-state index is -0.797. The number of nitrogens with zero attached hydrogens (tertiary/aromatic N) is 2. The van der Waals surface area contributed by atoms with Gasteiger partial charge in [0, 0.05) is 18.1 Å². The molecule has 0 atom stereocenters. The summed E-state index contributed by atoms with van der Waals surface area (Å²) in [6, 6.07) is 10.0. The lowest BCUT2D eigenvalue weighted by atomic mass is 10.2. The number of para-hydroxylation sites is 1. The lowest BCUT2D eigenvalue weighted by Gasteiger charge is -2.05. The van der Waals surface area contributed by atoms with Crippen LogP contribution in [0.1, 0.15) is 0 Å². The average Bonchev–Trinajstić information content (AvgIpc) is 2.51. The Morgan fingerprint density at radius 1 is 1.14 bits per heavy atom. The van der Waals surface area contributed by atoms with E-state index in [1.54, 1.807) is 36.4 Å². The monoisotopic (exact) mass is 282 g/mol. The van der Waals surface area contributed by atoms with E-state index in [1.807, 2.05) is 0 Å². The molecular formula is C14H10N4O3. The van der Waals surface area contributed by atoms with Gasteiger partial charge < -0.3 is 4.74 Å². The summed E-state index contributed by atoms with van der Waals surface area (Å²) < 4.78 is 4.93. The van der Waals surface area contributed by atoms with Gasteiger partial charge in [0.25, 0.3) is 11.3 Å². The van der Waals surface area contributed by atoms with Gasteiger partial charge in [-0.15, -0.1) is 5.10 Å². The smallest absolute Gasteiger partial charge is 0.385 e. The Morgan fingerprint density at radius 3 is 2.71 bits per heavy atom. The first kappa shape index (κ1) is 12.8. The van der Waals surface area contributed by atoms with E-state index in [9.17, 15) is 9.59 Å². The Bertz CT molecular complexity index is 845. The van der Waals surface area contributed by atoms with Gasteiger partial charge in [0.2, 0.25) is 0 Å². The summed E-state index contributed by atoms with van der Waals surface area (Å²) in [5.74, 6) is -0.305. The normalized spacial score (nSPS) is 10.3. The molecule has 2 aromatic heterocycles. The quantitative estimate of drug-likeness (QED) is 0.748. The number of pyridine rings is 1. The molecule has 104 valence electrons. The molecule has 7 nitrogen and oxygen atoms in total. The molecule has 3 rings (SSSR count). The van der Waals surface area contributed by atoms with Crippen molar-refractivity contribution >= 4 is 22.7 Å². The van der Waals surface area contributed by atoms with Crippen LogP contribution >= 0.6 is 0 Å². The molecule has 21 heavy (non-hydrogen) atoms. The van der Waals surface area contributed by atoms with Crippen LogP contribution in [0.25, 0.3) is 10.9 Å². The topological polar surface area (TPSA) is 97.0 Å². The number of H-pyrrole nitrogens is 1. The summed E-state index contributed by atoms with van der Waals surface area (Å²) >= 11 is 0. The third-order valence-corrected chi connectivity index (χ3v) is 2.76. The van der Waals surface area contributed by atoms with Crippen molar-refractivity contribution < 1.29 is 9.53 Å². The Labute approximate surface area is 118 Å². The highest BCUT2D eigenvalue weighted by Gasteiger charge is 2.12. The molecule has 1 aromatic carbocycles. The van der Waals surface area contributed by atoms with Gasteiger partial charge in [0.15, 0.2) is 0 Å². The van der Waals surface area contributed by atoms with Crippen LogP contribution in [0, 0.1) is 0 Å². The van der Waals surface area contributed by atoms with Gasteiger partial charge in [-0.25, -0.2) is 4.79 Å². The SMILES string of the molecule is O=C(Nc1ccncc1)Oc1n[nH]c2ccccc2c1=O. The van der Waals surface area contributed by atoms with Gasteiger partial charge in [-0.05, 0) is 24.3 Å². The van der Waals surface area contributed by atoms with E-state index in [-0.39, 0.29) is 5.88 Å². The van der Waals surface area contributed by atoms with E-state index >= 15 is 0 Å². The lowest BCUT2D eigenvalue weighted by Crippen LogP contribution is -2.22. The van der Waals surface area contributed by atoms with E-state index in [2.05, 4.69) is 20.5 Å². The third kappa shape index (κ3) is 2.71. The van der Waals surface area contributed by atoms with Crippen molar-refractivity contribution in [3.8, 4) is 5.88 Å². The third-order valence-electron chi connectivity index (χ3n) is 2.76. The Kier molecular flexibility index (Phi) is 3.30. The molecule has 0 saturated carbocycles. The van der Waals surface area contributed by atoms with Crippen molar-refractivity contribution in [1.82, 2.24) is 15.2 Å². The number of carbonyl (C=O) groups is 1. The number of hydrogen-bond donors (Lipinski definition) is 2. The zero-order valence-corrected chi connectivity index (χ0v) is 10.7. The fraction of sp³-hybridized carbons (Fsp3) is 0. The number of nitrogens with one attached hydrogen (secondary N) is 2. The van der Waals surface area contributed by atoms with Gasteiger partial charge in [-0.1, -0.05) is 12.1 Å². The van der Waals surface area contributed by atoms with E-state index in [1.165, 1.54) is 12.4 Å². The summed E-state index contributed by atoms with van der Waals surface area (Å²) in [6.45, 7) is 0. The number of fused-ring (bicyclic) bond motifs is 1. The highest BCUT2D eigenvalue weighted by molar-refractivity contribution is 5.86. The predicted octanol–water partition coefficient (Wildman–Crippen LogP) is 1.93. The Balaban J connectivity index is 1.83. The number of amides is 1. The molecule has 0 unspecified atom stereocenters. The average molecular weight is 282 g/mol. The molecule has 0 radical (unpaired) electrons. The fourth-order valence-electron chi connectivity index (χ4n) is 1.79. The molecule has 0 spiro atoms. The molecule has 0 aliphatic rings. The molecule has 3 aromatic rings. The second-order valence-electron chi connectivity index (χ2n) is 4.15. The largest absolute Gasteiger partial charge is 0.418 e. The number of aromatic nitrogens is 3. The first-order valence-electron chi connectivity index (χ1n) is 6.10. The maximum absolute atomic E-state index is 12.1. The zero-order chi connectivity index (χ0) is 14.7. The van der Waals surface area contributed by atoms with E-state index < -0.39 is 11.5 Å². The standard InChI is InChI=1S/C14H10N4O3/c19-12-10-3-1-2-4-11(10)17-18-13(12)21-14(20)16-9-5-7-15-8-6-9/h1-8H,(H,17,19)(H,15,16,20). The van der Waals surface area contributed by atoms with Crippen LogP contribution in [-0.4, -0.2) is 21.3 Å². The number of ether oxygens (including phenoxy) is 1. The number of carbonyl (C=O) groups excluding carboxylic acids is 1. The lowest BCUT2D eigenvalue weighted by molar-refractivity contribution is 0.212. The number of benzene rings is 1. The first-order valence-corrected chi connectivity index (χ1v) is 6.10. The van der Waals surface area contributed by atoms with Gasteiger partial charge in [-0.2, -0.15) is 0 Å². The fourth-order valence-corrected chi connectivity index (χ4v) is 1.79. The minimum absolute atomic E-state index is 0.305. The van der Waals surface area contributed by atoms with Gasteiger partial charge >= 0.3 is 6.09 Å². The van der Waals surface area contributed by atoms with Crippen LogP contribution in [0.5, 0.6) is 5.88 Å². The molecular weight excluding hydrogens is 272 g/mol. The maximum atomic E-state index is 12.1. The van der Waals surface area contributed by atoms with Crippen molar-refractivity contribution in [3.63, 3.8) is 0 Å². The van der Waals surface area contributed by atoms with Crippen LogP contribution in [0.3, 0.4) is 0 Å². The number of hydrogen-bond acceptors (Lipinski definition) is 5. The molecule has 7 heteroatoms. The molecule has 1 amide bonds. The molecule has 2 N–H and O–H groups in total. The Morgan fingerprint density at radius 2 is 1.90 bits per heavy atom. The first-order chi connectivity index (χ1) is 10.2. The van der Waals surface area contributed by atoms with Crippen LogP contribution in [0.15, 0.2) is 53.6 Å². The number of aromatic amines is 1. The molecule has 2 heterocycles. The summed E-state index contributed by atoms with van der Waals surface area (Å²) in [4.78, 5) is 27.7. The van der Waals surface area contributed by atoms with Crippen LogP contribution in [-0.2, 0) is 0 Å². The summed E-state index contributed by atoms with van der Waals surface area (Å²) in [7, 11) is 0. The molecule has 0 aliphatic heterocycles. The second kappa shape index (κ2) is 5.41. The van der Waals surface area contributed by atoms with Crippen LogP contribution in [0.2, 0.25) is 0 Å². The van der Waals surface area contributed by atoms with Crippen LogP contribution in [0.4, 0.5) is 10.5 Å². The van der Waals surface area contributed by atoms with E-state index in [0.29, 0.717) is 16.6 Å². The highest BCUT2D eigenvalue weighted by atomic mass is 16.6. The van der Waals surface area contributed by atoms with Gasteiger partial charge in [0.05, 0.1) is 10.9 Å². The summed E-state index contributed by atoms with van der Waals surface area (Å²) in [6.07, 6.45) is 2.25. The predicted molar refractivity (Wildman–Crippen MR) is 76.2 cm³/mol. The molecule has 0 aliphatic carbocycles. The zero-order valence-electron chi connectivity index (χ0n) is 10.7. The molecule has 0 bridgehead atoms. The van der Waals surface area contributed by atoms with Gasteiger partial charge in [0.1, 0.15) is 0 Å². The number of anilines is 1. The summed E-state index contributed by atoms with van der Waals surface area (Å²) in [5.41, 5.74) is 0.630. The van der Waals surface area contributed by atoms with Crippen molar-refractivity contribution in [2.45, 2.75) is 0 Å². The van der Waals surface area contributed by atoms with Crippen molar-refractivity contribution in [2.24, 2.45) is 0 Å². The van der Waals surface area contributed by atoms with Crippen molar-refractivity contribution in [1.29, 1.82) is 0 Å². The minimum Gasteiger partial charge on any atom is -0.385 e. The highest BCUT2D eigenvalue weighted by Crippen LogP contribution is 2.09.